The lowest BCUT2D eigenvalue weighted by Crippen LogP contribution is -2.12. The molecule has 3 rings (SSSR count). The van der Waals surface area contributed by atoms with E-state index < -0.39 is 16.8 Å². The Balaban J connectivity index is 2.24. The summed E-state index contributed by atoms with van der Waals surface area (Å²) in [6.45, 7) is 12.1. The van der Waals surface area contributed by atoms with Gasteiger partial charge in [0, 0.05) is 23.0 Å². The van der Waals surface area contributed by atoms with E-state index in [0.29, 0.717) is 17.1 Å². The average Bonchev–Trinajstić information content (AvgIpc) is 3.31. The summed E-state index contributed by atoms with van der Waals surface area (Å²) in [5, 5.41) is 21.0. The van der Waals surface area contributed by atoms with Crippen LogP contribution in [-0.4, -0.2) is 16.0 Å². The fourth-order valence-electron chi connectivity index (χ4n) is 3.36. The van der Waals surface area contributed by atoms with Gasteiger partial charge < -0.3 is 13.9 Å². The van der Waals surface area contributed by atoms with E-state index in [1.54, 1.807) is 12.1 Å². The first-order valence-electron chi connectivity index (χ1n) is 10.0. The van der Waals surface area contributed by atoms with Gasteiger partial charge in [0.05, 0.1) is 10.5 Å². The van der Waals surface area contributed by atoms with Gasteiger partial charge >= 0.3 is 5.97 Å². The number of nitro groups is 1. The quantitative estimate of drug-likeness (QED) is 0.382. The maximum Gasteiger partial charge on any atom is 0.336 e. The van der Waals surface area contributed by atoms with E-state index in [1.165, 1.54) is 12.1 Å². The third-order valence-corrected chi connectivity index (χ3v) is 5.09. The monoisotopic (exact) mass is 425 g/mol. The molecule has 0 aliphatic rings. The number of hydrogen-bond acceptors (Lipinski definition) is 5. The van der Waals surface area contributed by atoms with Crippen molar-refractivity contribution in [3.63, 3.8) is 0 Å². The summed E-state index contributed by atoms with van der Waals surface area (Å²) < 4.78 is 12.3. The molecule has 2 aromatic heterocycles. The Morgan fingerprint density at radius 1 is 0.903 bits per heavy atom. The average molecular weight is 425 g/mol. The third kappa shape index (κ3) is 4.55. The van der Waals surface area contributed by atoms with Crippen LogP contribution in [0.5, 0.6) is 0 Å². The molecule has 0 saturated heterocycles. The van der Waals surface area contributed by atoms with Crippen LogP contribution < -0.4 is 0 Å². The molecule has 0 atom stereocenters. The fourth-order valence-corrected chi connectivity index (χ4v) is 3.36. The molecule has 164 valence electrons. The SMILES string of the molecule is CC(C)(C)c1ccc(C(c2ccc(C(C)(C)C)o2)c2ccc([N+](=O)[O-])cc2C(=O)O)o1. The molecular weight excluding hydrogens is 398 g/mol. The van der Waals surface area contributed by atoms with Crippen molar-refractivity contribution in [1.82, 2.24) is 0 Å². The van der Waals surface area contributed by atoms with Gasteiger partial charge in [0.2, 0.25) is 0 Å². The van der Waals surface area contributed by atoms with Crippen molar-refractivity contribution >= 4 is 11.7 Å². The van der Waals surface area contributed by atoms with E-state index in [1.807, 2.05) is 53.7 Å². The van der Waals surface area contributed by atoms with E-state index in [9.17, 15) is 20.0 Å². The van der Waals surface area contributed by atoms with Gasteiger partial charge in [-0.25, -0.2) is 4.79 Å². The van der Waals surface area contributed by atoms with Crippen LogP contribution in [0, 0.1) is 10.1 Å². The number of carboxylic acids is 1. The largest absolute Gasteiger partial charge is 0.478 e. The normalized spacial score (nSPS) is 12.4. The molecule has 0 unspecified atom stereocenters. The third-order valence-electron chi connectivity index (χ3n) is 5.09. The molecule has 7 nitrogen and oxygen atoms in total. The number of non-ortho nitro benzene ring substituents is 1. The maximum absolute atomic E-state index is 12.0. The minimum atomic E-state index is -1.26. The van der Waals surface area contributed by atoms with Crippen LogP contribution >= 0.6 is 0 Å². The summed E-state index contributed by atoms with van der Waals surface area (Å²) in [5.74, 6) is 0.586. The second-order valence-electron chi connectivity index (χ2n) is 9.67. The Morgan fingerprint density at radius 3 is 1.74 bits per heavy atom. The van der Waals surface area contributed by atoms with Crippen molar-refractivity contribution in [1.29, 1.82) is 0 Å². The van der Waals surface area contributed by atoms with E-state index >= 15 is 0 Å². The summed E-state index contributed by atoms with van der Waals surface area (Å²) >= 11 is 0. The van der Waals surface area contributed by atoms with Crippen LogP contribution in [0.25, 0.3) is 0 Å². The van der Waals surface area contributed by atoms with Crippen LogP contribution in [0.2, 0.25) is 0 Å². The number of furan rings is 2. The van der Waals surface area contributed by atoms with E-state index in [0.717, 1.165) is 17.6 Å². The minimum absolute atomic E-state index is 0.165. The van der Waals surface area contributed by atoms with Gasteiger partial charge in [0.1, 0.15) is 29.0 Å². The molecule has 1 aromatic carbocycles. The Bertz CT molecular complexity index is 1070. The van der Waals surface area contributed by atoms with Crippen LogP contribution in [0.3, 0.4) is 0 Å². The number of rotatable bonds is 5. The van der Waals surface area contributed by atoms with Crippen LogP contribution in [-0.2, 0) is 10.8 Å². The smallest absolute Gasteiger partial charge is 0.336 e. The summed E-state index contributed by atoms with van der Waals surface area (Å²) in [4.78, 5) is 22.6. The summed E-state index contributed by atoms with van der Waals surface area (Å²) in [6, 6.07) is 11.2. The zero-order valence-electron chi connectivity index (χ0n) is 18.6. The molecule has 0 saturated carbocycles. The second-order valence-corrected chi connectivity index (χ2v) is 9.67. The Labute approximate surface area is 180 Å². The van der Waals surface area contributed by atoms with Crippen molar-refractivity contribution in [2.75, 3.05) is 0 Å². The molecule has 0 radical (unpaired) electrons. The summed E-state index contributed by atoms with van der Waals surface area (Å²) in [5.41, 5.74) is -0.574. The fraction of sp³-hybridized carbons (Fsp3) is 0.375. The highest BCUT2D eigenvalue weighted by molar-refractivity contribution is 5.91. The first kappa shape index (κ1) is 22.3. The molecule has 0 bridgehead atoms. The number of nitro benzene ring substituents is 1. The van der Waals surface area contributed by atoms with Crippen LogP contribution in [0.1, 0.15) is 86.4 Å². The van der Waals surface area contributed by atoms with Crippen LogP contribution in [0.4, 0.5) is 5.69 Å². The van der Waals surface area contributed by atoms with E-state index in [4.69, 9.17) is 8.83 Å². The first-order chi connectivity index (χ1) is 14.3. The first-order valence-corrected chi connectivity index (χ1v) is 10.0. The number of benzene rings is 1. The Kier molecular flexibility index (Phi) is 5.56. The lowest BCUT2D eigenvalue weighted by atomic mass is 9.89. The molecule has 7 heteroatoms. The molecule has 0 spiro atoms. The number of carbonyl (C=O) groups is 1. The maximum atomic E-state index is 12.0. The van der Waals surface area contributed by atoms with Crippen molar-refractivity contribution in [3.05, 3.63) is 86.7 Å². The van der Waals surface area contributed by atoms with Crippen molar-refractivity contribution in [3.8, 4) is 0 Å². The highest BCUT2D eigenvalue weighted by atomic mass is 16.6. The molecule has 0 amide bonds. The molecule has 31 heavy (non-hydrogen) atoms. The molecular formula is C24H27NO6. The number of hydrogen-bond donors (Lipinski definition) is 1. The zero-order chi connectivity index (χ0) is 23.1. The number of carboxylic acid groups (broad SMARTS) is 1. The molecule has 3 aromatic rings. The van der Waals surface area contributed by atoms with Gasteiger partial charge in [-0.15, -0.1) is 0 Å². The van der Waals surface area contributed by atoms with Gasteiger partial charge in [0.15, 0.2) is 0 Å². The lowest BCUT2D eigenvalue weighted by Gasteiger charge is -2.19. The molecule has 0 fully saturated rings. The lowest BCUT2D eigenvalue weighted by molar-refractivity contribution is -0.384. The van der Waals surface area contributed by atoms with E-state index in [-0.39, 0.29) is 22.1 Å². The van der Waals surface area contributed by atoms with Crippen LogP contribution in [0.15, 0.2) is 51.3 Å². The van der Waals surface area contributed by atoms with Gasteiger partial charge in [0.25, 0.3) is 5.69 Å². The molecule has 0 aliphatic carbocycles. The van der Waals surface area contributed by atoms with Gasteiger partial charge in [-0.2, -0.15) is 0 Å². The standard InChI is InChI=1S/C24H27NO6/c1-23(2,3)19-11-9-17(30-19)21(18-10-12-20(31-18)24(4,5)6)15-8-7-14(25(28)29)13-16(15)22(26)27/h7-13,21H,1-6H3,(H,26,27). The van der Waals surface area contributed by atoms with Crippen molar-refractivity contribution < 1.29 is 23.7 Å². The topological polar surface area (TPSA) is 107 Å². The van der Waals surface area contributed by atoms with Crippen molar-refractivity contribution in [2.45, 2.75) is 58.3 Å². The molecule has 1 N–H and O–H groups in total. The summed E-state index contributed by atoms with van der Waals surface area (Å²) in [7, 11) is 0. The number of aromatic carboxylic acids is 1. The predicted molar refractivity (Wildman–Crippen MR) is 116 cm³/mol. The molecule has 2 heterocycles. The predicted octanol–water partition coefficient (Wildman–Crippen LogP) is 6.25. The van der Waals surface area contributed by atoms with Gasteiger partial charge in [-0.05, 0) is 29.8 Å². The zero-order valence-corrected chi connectivity index (χ0v) is 18.6. The Hall–Kier alpha value is -3.35. The van der Waals surface area contributed by atoms with Crippen molar-refractivity contribution in [2.24, 2.45) is 0 Å². The molecule has 0 aliphatic heterocycles. The van der Waals surface area contributed by atoms with Gasteiger partial charge in [-0.1, -0.05) is 47.6 Å². The number of nitrogens with zero attached hydrogens (tertiary/aromatic N) is 1. The summed E-state index contributed by atoms with van der Waals surface area (Å²) in [6.07, 6.45) is 0. The second kappa shape index (κ2) is 7.72. The minimum Gasteiger partial charge on any atom is -0.478 e. The van der Waals surface area contributed by atoms with E-state index in [2.05, 4.69) is 0 Å². The highest BCUT2D eigenvalue weighted by Crippen LogP contribution is 2.40. The Morgan fingerprint density at radius 2 is 1.39 bits per heavy atom. The highest BCUT2D eigenvalue weighted by Gasteiger charge is 2.32. The van der Waals surface area contributed by atoms with Gasteiger partial charge in [-0.3, -0.25) is 10.1 Å².